The molecule has 1 aliphatic rings. The van der Waals surface area contributed by atoms with E-state index in [1.807, 2.05) is 95.8 Å². The molecule has 0 bridgehead atoms. The number of nitrogens with one attached hydrogen (secondary N) is 4. The Morgan fingerprint density at radius 1 is 0.914 bits per heavy atom. The lowest BCUT2D eigenvalue weighted by molar-refractivity contribution is -0.659. The topological polar surface area (TPSA) is 167 Å². The van der Waals surface area contributed by atoms with Gasteiger partial charge in [0, 0.05) is 27.3 Å². The predicted octanol–water partition coefficient (Wildman–Crippen LogP) is 7.88. The van der Waals surface area contributed by atoms with E-state index in [1.165, 1.54) is 0 Å². The molecule has 1 aromatic carbocycles. The van der Waals surface area contributed by atoms with Crippen molar-refractivity contribution in [1.29, 1.82) is 0 Å². The maximum Gasteiger partial charge on any atom is 0.421 e. The zero-order valence-electron chi connectivity index (χ0n) is 36.0. The minimum Gasteiger partial charge on any atom is -0.444 e. The summed E-state index contributed by atoms with van der Waals surface area (Å²) in [6.45, 7) is 19.4. The van der Waals surface area contributed by atoms with Crippen LogP contribution in [-0.4, -0.2) is 76.5 Å². The second-order valence-corrected chi connectivity index (χ2v) is 23.8. The van der Waals surface area contributed by atoms with Gasteiger partial charge < -0.3 is 30.2 Å². The number of hydrogen-bond donors (Lipinski definition) is 4. The van der Waals surface area contributed by atoms with E-state index >= 15 is 0 Å². The highest BCUT2D eigenvalue weighted by Crippen LogP contribution is 2.29. The van der Waals surface area contributed by atoms with Crippen LogP contribution in [0.1, 0.15) is 85.3 Å². The van der Waals surface area contributed by atoms with Crippen molar-refractivity contribution in [2.24, 2.45) is 7.05 Å². The van der Waals surface area contributed by atoms with Gasteiger partial charge in [-0.15, -0.1) is 5.48 Å². The van der Waals surface area contributed by atoms with E-state index in [-0.39, 0.29) is 31.0 Å². The van der Waals surface area contributed by atoms with Crippen molar-refractivity contribution in [2.45, 2.75) is 135 Å². The first-order valence-corrected chi connectivity index (χ1v) is 24.0. The SMILES string of the molecule is C[n+]1cc2c(-c3cccc(NC(CCNC(=O)OC(C)(C)C)c4ccccc4)n3)nn(COCC[Si](C)(C)C)c2nc1NOC1CCC(NC(=O)OC(C)(C)C)CC1. The van der Waals surface area contributed by atoms with Crippen LogP contribution in [0.25, 0.3) is 22.4 Å². The highest BCUT2D eigenvalue weighted by atomic mass is 28.3. The molecule has 0 spiro atoms. The molecule has 15 nitrogen and oxygen atoms in total. The van der Waals surface area contributed by atoms with Crippen molar-refractivity contribution in [2.75, 3.05) is 23.9 Å². The van der Waals surface area contributed by atoms with E-state index < -0.39 is 25.4 Å². The molecule has 2 amide bonds. The average Bonchev–Trinajstić information content (AvgIpc) is 3.48. The summed E-state index contributed by atoms with van der Waals surface area (Å²) in [5.41, 5.74) is 5.03. The van der Waals surface area contributed by atoms with Crippen LogP contribution in [0, 0.1) is 0 Å². The molecular formula is C42H64N9O6Si+. The van der Waals surface area contributed by atoms with Crippen molar-refractivity contribution in [3.63, 3.8) is 0 Å². The van der Waals surface area contributed by atoms with Crippen LogP contribution >= 0.6 is 0 Å². The van der Waals surface area contributed by atoms with Crippen LogP contribution in [-0.2, 0) is 32.8 Å². The van der Waals surface area contributed by atoms with Gasteiger partial charge in [-0.2, -0.15) is 5.10 Å². The van der Waals surface area contributed by atoms with E-state index in [2.05, 4.69) is 53.2 Å². The molecule has 16 heteroatoms. The van der Waals surface area contributed by atoms with Crippen LogP contribution in [0.4, 0.5) is 21.4 Å². The Bertz CT molecular complexity index is 1970. The second kappa shape index (κ2) is 19.3. The summed E-state index contributed by atoms with van der Waals surface area (Å²) in [6.07, 6.45) is 4.80. The Labute approximate surface area is 343 Å². The quantitative estimate of drug-likeness (QED) is 0.0376. The van der Waals surface area contributed by atoms with Gasteiger partial charge in [-0.1, -0.05) is 56.0 Å². The smallest absolute Gasteiger partial charge is 0.421 e. The zero-order valence-corrected chi connectivity index (χ0v) is 37.0. The summed E-state index contributed by atoms with van der Waals surface area (Å²) in [5, 5.41) is 15.3. The van der Waals surface area contributed by atoms with Gasteiger partial charge in [-0.3, -0.25) is 0 Å². The lowest BCUT2D eigenvalue weighted by Crippen LogP contribution is -2.42. The first-order valence-electron chi connectivity index (χ1n) is 20.3. The molecule has 4 aromatic rings. The van der Waals surface area contributed by atoms with Gasteiger partial charge in [0.2, 0.25) is 5.65 Å². The van der Waals surface area contributed by atoms with Crippen LogP contribution in [0.5, 0.6) is 0 Å². The summed E-state index contributed by atoms with van der Waals surface area (Å²) in [6, 6.07) is 16.8. The van der Waals surface area contributed by atoms with Crippen LogP contribution in [0.3, 0.4) is 0 Å². The molecule has 316 valence electrons. The van der Waals surface area contributed by atoms with E-state index in [9.17, 15) is 9.59 Å². The number of rotatable bonds is 16. The third-order valence-electron chi connectivity index (χ3n) is 9.37. The van der Waals surface area contributed by atoms with Crippen molar-refractivity contribution in [3.05, 3.63) is 60.3 Å². The molecule has 1 aliphatic carbocycles. The second-order valence-electron chi connectivity index (χ2n) is 18.2. The van der Waals surface area contributed by atoms with Gasteiger partial charge in [0.15, 0.2) is 0 Å². The first-order chi connectivity index (χ1) is 27.3. The maximum absolute atomic E-state index is 12.4. The zero-order chi connectivity index (χ0) is 42.1. The molecule has 0 radical (unpaired) electrons. The Kier molecular flexibility index (Phi) is 14.7. The molecule has 58 heavy (non-hydrogen) atoms. The van der Waals surface area contributed by atoms with Gasteiger partial charge in [-0.25, -0.2) is 28.7 Å². The van der Waals surface area contributed by atoms with E-state index in [1.54, 1.807) is 4.68 Å². The lowest BCUT2D eigenvalue weighted by Gasteiger charge is -2.28. The minimum absolute atomic E-state index is 0.0433. The molecule has 0 saturated heterocycles. The number of aryl methyl sites for hydroxylation is 1. The third-order valence-corrected chi connectivity index (χ3v) is 11.1. The molecule has 0 aliphatic heterocycles. The number of nitrogens with zero attached hydrogens (tertiary/aromatic N) is 5. The molecule has 1 unspecified atom stereocenters. The summed E-state index contributed by atoms with van der Waals surface area (Å²) in [4.78, 5) is 40.9. The number of amides is 2. The number of ether oxygens (including phenoxy) is 3. The highest BCUT2D eigenvalue weighted by molar-refractivity contribution is 6.76. The fourth-order valence-electron chi connectivity index (χ4n) is 6.44. The molecule has 4 N–H and O–H groups in total. The number of aromatic nitrogens is 5. The number of carbonyl (C=O) groups is 2. The van der Waals surface area contributed by atoms with E-state index in [0.29, 0.717) is 48.4 Å². The molecular weight excluding hydrogens is 755 g/mol. The van der Waals surface area contributed by atoms with Gasteiger partial charge in [0.1, 0.15) is 35.5 Å². The summed E-state index contributed by atoms with van der Waals surface area (Å²) >= 11 is 0. The van der Waals surface area contributed by atoms with Crippen molar-refractivity contribution < 1.29 is 33.2 Å². The van der Waals surface area contributed by atoms with Gasteiger partial charge in [0.25, 0.3) is 0 Å². The maximum atomic E-state index is 12.4. The molecule has 3 aromatic heterocycles. The standard InChI is InChI=1S/C42H63N9O6Si/c1-41(2,3)55-39(52)43-24-23-33(29-15-12-11-13-16-29)45-35-18-14-17-34(46-35)36-32-27-50(7)38(47-37(32)51(48-36)28-54-25-26-58(8,9)10)49-57-31-21-19-30(20-22-31)44-40(53)56-42(4,5)6/h11-18,27,30-31,33H,19-26,28H2,1-10H3,(H3,43,44,45,46,52,53)/p+1. The summed E-state index contributed by atoms with van der Waals surface area (Å²) < 4.78 is 20.7. The van der Waals surface area contributed by atoms with Crippen LogP contribution in [0.15, 0.2) is 54.7 Å². The van der Waals surface area contributed by atoms with E-state index in [4.69, 9.17) is 34.1 Å². The van der Waals surface area contributed by atoms with E-state index in [0.717, 1.165) is 42.7 Å². The monoisotopic (exact) mass is 818 g/mol. The Morgan fingerprint density at radius 2 is 1.60 bits per heavy atom. The Balaban J connectivity index is 1.33. The fraction of sp³-hybridized carbons (Fsp3) is 0.571. The third kappa shape index (κ3) is 13.9. The lowest BCUT2D eigenvalue weighted by atomic mass is 9.93. The van der Waals surface area contributed by atoms with Crippen molar-refractivity contribution in [1.82, 2.24) is 30.4 Å². The number of fused-ring (bicyclic) bond motifs is 1. The van der Waals surface area contributed by atoms with Crippen molar-refractivity contribution >= 4 is 43.1 Å². The first kappa shape index (κ1) is 44.3. The Morgan fingerprint density at radius 3 is 2.28 bits per heavy atom. The molecule has 1 saturated carbocycles. The van der Waals surface area contributed by atoms with Gasteiger partial charge >= 0.3 is 18.1 Å². The van der Waals surface area contributed by atoms with Crippen LogP contribution in [0.2, 0.25) is 25.7 Å². The molecule has 1 fully saturated rings. The van der Waals surface area contributed by atoms with Gasteiger partial charge in [-0.05, 0) is 102 Å². The number of pyridine rings is 1. The fourth-order valence-corrected chi connectivity index (χ4v) is 7.20. The normalized spacial score (nSPS) is 16.7. The molecule has 1 atom stereocenters. The largest absolute Gasteiger partial charge is 0.444 e. The number of carbonyl (C=O) groups excluding carboxylic acids is 2. The highest BCUT2D eigenvalue weighted by Gasteiger charge is 2.28. The number of anilines is 2. The number of benzene rings is 1. The van der Waals surface area contributed by atoms with Crippen molar-refractivity contribution in [3.8, 4) is 11.4 Å². The van der Waals surface area contributed by atoms with Crippen LogP contribution < -0.4 is 26.0 Å². The van der Waals surface area contributed by atoms with Gasteiger partial charge in [0.05, 0.1) is 30.4 Å². The number of alkyl carbamates (subject to hydrolysis) is 2. The average molecular weight is 819 g/mol. The predicted molar refractivity (Wildman–Crippen MR) is 228 cm³/mol. The summed E-state index contributed by atoms with van der Waals surface area (Å²) in [5.74, 6) is 1.18. The molecule has 5 rings (SSSR count). The number of hydrogen-bond acceptors (Lipinski definition) is 11. The molecule has 3 heterocycles. The summed E-state index contributed by atoms with van der Waals surface area (Å²) in [7, 11) is 0.607. The minimum atomic E-state index is -1.30. The Hall–Kier alpha value is -4.80.